The first-order chi connectivity index (χ1) is 10.3. The fourth-order valence-corrected chi connectivity index (χ4v) is 2.64. The summed E-state index contributed by atoms with van der Waals surface area (Å²) in [4.78, 5) is 19.2. The lowest BCUT2D eigenvalue weighted by molar-refractivity contribution is 0.0297. The summed E-state index contributed by atoms with van der Waals surface area (Å²) >= 11 is 0. The summed E-state index contributed by atoms with van der Waals surface area (Å²) < 4.78 is 12.5. The van der Waals surface area contributed by atoms with Crippen molar-refractivity contribution in [2.45, 2.75) is 13.3 Å². The van der Waals surface area contributed by atoms with Crippen LogP contribution in [0.15, 0.2) is 18.3 Å². The van der Waals surface area contributed by atoms with Gasteiger partial charge in [-0.05, 0) is 18.6 Å². The van der Waals surface area contributed by atoms with Gasteiger partial charge < -0.3 is 14.4 Å². The first kappa shape index (κ1) is 13.9. The normalized spacial score (nSPS) is 15.4. The van der Waals surface area contributed by atoms with Gasteiger partial charge in [0.15, 0.2) is 11.4 Å². The second-order valence-corrected chi connectivity index (χ2v) is 4.94. The molecule has 21 heavy (non-hydrogen) atoms. The summed E-state index contributed by atoms with van der Waals surface area (Å²) in [5.74, 6) is 0.684. The zero-order valence-electron chi connectivity index (χ0n) is 12.3. The number of morpholine rings is 1. The van der Waals surface area contributed by atoms with Gasteiger partial charge >= 0.3 is 0 Å². The van der Waals surface area contributed by atoms with Gasteiger partial charge in [0.05, 0.1) is 26.0 Å². The zero-order chi connectivity index (χ0) is 14.8. The lowest BCUT2D eigenvalue weighted by atomic mass is 10.2. The van der Waals surface area contributed by atoms with Gasteiger partial charge in [-0.25, -0.2) is 4.98 Å². The van der Waals surface area contributed by atoms with Crippen molar-refractivity contribution in [2.75, 3.05) is 33.4 Å². The van der Waals surface area contributed by atoms with Crippen molar-refractivity contribution in [2.24, 2.45) is 0 Å². The van der Waals surface area contributed by atoms with Crippen molar-refractivity contribution in [3.8, 4) is 5.75 Å². The molecule has 6 nitrogen and oxygen atoms in total. The molecule has 1 aliphatic heterocycles. The summed E-state index contributed by atoms with van der Waals surface area (Å²) in [6, 6.07) is 3.72. The molecule has 2 aromatic rings. The van der Waals surface area contributed by atoms with Crippen LogP contribution in [0, 0.1) is 0 Å². The number of hydrogen-bond acceptors (Lipinski definition) is 4. The van der Waals surface area contributed by atoms with E-state index in [1.807, 2.05) is 34.6 Å². The number of amides is 1. The Morgan fingerprint density at radius 1 is 1.43 bits per heavy atom. The predicted octanol–water partition coefficient (Wildman–Crippen LogP) is 1.38. The maximum Gasteiger partial charge on any atom is 0.272 e. The van der Waals surface area contributed by atoms with Gasteiger partial charge in [-0.15, -0.1) is 0 Å². The van der Waals surface area contributed by atoms with Crippen LogP contribution in [0.1, 0.15) is 23.1 Å². The van der Waals surface area contributed by atoms with Crippen molar-refractivity contribution in [3.63, 3.8) is 0 Å². The highest BCUT2D eigenvalue weighted by atomic mass is 16.5. The van der Waals surface area contributed by atoms with Crippen LogP contribution in [0.3, 0.4) is 0 Å². The fourth-order valence-electron chi connectivity index (χ4n) is 2.64. The van der Waals surface area contributed by atoms with Crippen molar-refractivity contribution in [3.05, 3.63) is 29.7 Å². The van der Waals surface area contributed by atoms with Crippen LogP contribution in [-0.2, 0) is 11.2 Å². The van der Waals surface area contributed by atoms with E-state index in [1.54, 1.807) is 7.11 Å². The van der Waals surface area contributed by atoms with Gasteiger partial charge in [0.2, 0.25) is 0 Å². The van der Waals surface area contributed by atoms with Crippen LogP contribution < -0.4 is 4.74 Å². The minimum absolute atomic E-state index is 0.0101. The average Bonchev–Trinajstić information content (AvgIpc) is 2.93. The number of rotatable bonds is 3. The number of pyridine rings is 1. The van der Waals surface area contributed by atoms with Crippen LogP contribution >= 0.6 is 0 Å². The molecule has 0 atom stereocenters. The Morgan fingerprint density at radius 3 is 2.86 bits per heavy atom. The van der Waals surface area contributed by atoms with E-state index in [9.17, 15) is 4.79 Å². The number of fused-ring (bicyclic) bond motifs is 1. The fraction of sp³-hybridized carbons (Fsp3) is 0.467. The molecule has 112 valence electrons. The zero-order valence-corrected chi connectivity index (χ0v) is 12.3. The van der Waals surface area contributed by atoms with E-state index < -0.39 is 0 Å². The van der Waals surface area contributed by atoms with E-state index in [-0.39, 0.29) is 5.91 Å². The first-order valence-corrected chi connectivity index (χ1v) is 7.17. The topological polar surface area (TPSA) is 56.1 Å². The molecule has 1 amide bonds. The van der Waals surface area contributed by atoms with Crippen molar-refractivity contribution >= 4 is 11.6 Å². The third-order valence-electron chi connectivity index (χ3n) is 3.74. The van der Waals surface area contributed by atoms with Crippen LogP contribution in [0.5, 0.6) is 5.75 Å². The highest BCUT2D eigenvalue weighted by Crippen LogP contribution is 2.23. The van der Waals surface area contributed by atoms with E-state index in [0.717, 1.165) is 5.69 Å². The second kappa shape index (κ2) is 5.73. The standard InChI is InChI=1S/C15H19N3O3/c1-3-11-13(15(19)17-7-9-21-10-8-17)18-6-4-5-12(20-2)14(18)16-11/h4-6H,3,7-10H2,1-2H3. The van der Waals surface area contributed by atoms with Crippen LogP contribution in [-0.4, -0.2) is 53.6 Å². The number of imidazole rings is 1. The molecule has 0 bridgehead atoms. The van der Waals surface area contributed by atoms with Gasteiger partial charge in [0.1, 0.15) is 5.69 Å². The average molecular weight is 289 g/mol. The number of ether oxygens (including phenoxy) is 2. The molecule has 0 aromatic carbocycles. The number of methoxy groups -OCH3 is 1. The number of hydrogen-bond donors (Lipinski definition) is 0. The monoisotopic (exact) mass is 289 g/mol. The molecule has 0 radical (unpaired) electrons. The Balaban J connectivity index is 2.09. The van der Waals surface area contributed by atoms with E-state index in [2.05, 4.69) is 4.98 Å². The summed E-state index contributed by atoms with van der Waals surface area (Å²) in [5.41, 5.74) is 2.12. The molecule has 1 saturated heterocycles. The Hall–Kier alpha value is -2.08. The highest BCUT2D eigenvalue weighted by molar-refractivity contribution is 5.95. The molecular formula is C15H19N3O3. The molecule has 3 heterocycles. The second-order valence-electron chi connectivity index (χ2n) is 4.94. The summed E-state index contributed by atoms with van der Waals surface area (Å²) in [6.07, 6.45) is 2.56. The lowest BCUT2D eigenvalue weighted by Gasteiger charge is -2.26. The highest BCUT2D eigenvalue weighted by Gasteiger charge is 2.25. The van der Waals surface area contributed by atoms with E-state index in [1.165, 1.54) is 0 Å². The van der Waals surface area contributed by atoms with Crippen molar-refractivity contribution in [1.29, 1.82) is 0 Å². The summed E-state index contributed by atoms with van der Waals surface area (Å²) in [7, 11) is 1.61. The van der Waals surface area contributed by atoms with Crippen molar-refractivity contribution in [1.82, 2.24) is 14.3 Å². The Bertz CT molecular complexity index is 659. The molecule has 0 unspecified atom stereocenters. The minimum Gasteiger partial charge on any atom is -0.493 e. The van der Waals surface area contributed by atoms with Gasteiger partial charge in [0, 0.05) is 19.3 Å². The largest absolute Gasteiger partial charge is 0.493 e. The maximum absolute atomic E-state index is 12.8. The van der Waals surface area contributed by atoms with Crippen molar-refractivity contribution < 1.29 is 14.3 Å². The van der Waals surface area contributed by atoms with E-state index in [0.29, 0.717) is 49.8 Å². The van der Waals surface area contributed by atoms with Gasteiger partial charge in [-0.1, -0.05) is 6.92 Å². The van der Waals surface area contributed by atoms with Crippen LogP contribution in [0.4, 0.5) is 0 Å². The van der Waals surface area contributed by atoms with Gasteiger partial charge in [-0.2, -0.15) is 0 Å². The van der Waals surface area contributed by atoms with Crippen LogP contribution in [0.25, 0.3) is 5.65 Å². The third kappa shape index (κ3) is 2.35. The Labute approximate surface area is 123 Å². The number of carbonyl (C=O) groups is 1. The minimum atomic E-state index is 0.0101. The summed E-state index contributed by atoms with van der Waals surface area (Å²) in [6.45, 7) is 4.43. The third-order valence-corrected chi connectivity index (χ3v) is 3.74. The Kier molecular flexibility index (Phi) is 3.79. The molecule has 2 aromatic heterocycles. The molecule has 0 saturated carbocycles. The molecule has 1 aliphatic rings. The van der Waals surface area contributed by atoms with E-state index in [4.69, 9.17) is 9.47 Å². The molecule has 0 N–H and O–H groups in total. The van der Waals surface area contributed by atoms with Crippen LogP contribution in [0.2, 0.25) is 0 Å². The SMILES string of the molecule is CCc1nc2c(OC)cccn2c1C(=O)N1CCOCC1. The van der Waals surface area contributed by atoms with E-state index >= 15 is 0 Å². The number of nitrogens with zero attached hydrogens (tertiary/aromatic N) is 3. The Morgan fingerprint density at radius 2 is 2.19 bits per heavy atom. The van der Waals surface area contributed by atoms with Gasteiger partial charge in [0.25, 0.3) is 5.91 Å². The predicted molar refractivity (Wildman–Crippen MR) is 77.8 cm³/mol. The van der Waals surface area contributed by atoms with Gasteiger partial charge in [-0.3, -0.25) is 9.20 Å². The summed E-state index contributed by atoms with van der Waals surface area (Å²) in [5, 5.41) is 0. The quantitative estimate of drug-likeness (QED) is 0.856. The molecule has 0 aliphatic carbocycles. The molecule has 6 heteroatoms. The number of carbonyl (C=O) groups excluding carboxylic acids is 1. The maximum atomic E-state index is 12.8. The first-order valence-electron chi connectivity index (χ1n) is 7.17. The number of aryl methyl sites for hydroxylation is 1. The molecule has 0 spiro atoms. The lowest BCUT2D eigenvalue weighted by Crippen LogP contribution is -2.41. The molecule has 1 fully saturated rings. The number of aromatic nitrogens is 2. The molecule has 3 rings (SSSR count). The molecular weight excluding hydrogens is 270 g/mol. The smallest absolute Gasteiger partial charge is 0.272 e.